The van der Waals surface area contributed by atoms with Crippen LogP contribution in [0.25, 0.3) is 0 Å². The number of nitro benzene ring substituents is 1. The van der Waals surface area contributed by atoms with Crippen molar-refractivity contribution in [2.45, 2.75) is 0 Å². The van der Waals surface area contributed by atoms with Crippen LogP contribution in [0.1, 0.15) is 0 Å². The zero-order valence-corrected chi connectivity index (χ0v) is 10.4. The van der Waals surface area contributed by atoms with E-state index in [0.29, 0.717) is 11.0 Å². The Labute approximate surface area is 117 Å². The fraction of sp³-hybridized carbons (Fsp3) is 0. The number of halogens is 2. The highest BCUT2D eigenvalue weighted by Gasteiger charge is 2.20. The van der Waals surface area contributed by atoms with Crippen molar-refractivity contribution in [1.82, 2.24) is 0 Å². The number of phenols is 1. The first-order valence-electron chi connectivity index (χ1n) is 5.61. The number of phenolic OH excluding ortho intramolecular Hbond substituents is 1. The summed E-state index contributed by atoms with van der Waals surface area (Å²) in [6.07, 6.45) is 0.162. The maximum absolute atomic E-state index is 13.7. The Morgan fingerprint density at radius 1 is 1.14 bits per heavy atom. The molecular weight excluding hydrogens is 286 g/mol. The zero-order valence-electron chi connectivity index (χ0n) is 10.4. The number of rotatable bonds is 4. The molecule has 0 fully saturated rings. The van der Waals surface area contributed by atoms with Crippen LogP contribution in [0.4, 0.5) is 25.8 Å². The number of nitrogens with zero attached hydrogens (tertiary/aromatic N) is 2. The van der Waals surface area contributed by atoms with E-state index in [1.54, 1.807) is 0 Å². The Balaban J connectivity index is 2.58. The Morgan fingerprint density at radius 2 is 1.86 bits per heavy atom. The van der Waals surface area contributed by atoms with Crippen LogP contribution in [-0.4, -0.2) is 16.4 Å². The van der Waals surface area contributed by atoms with Crippen molar-refractivity contribution in [2.24, 2.45) is 0 Å². The third kappa shape index (κ3) is 2.78. The minimum Gasteiger partial charge on any atom is -0.506 e. The molecule has 0 aliphatic heterocycles. The second kappa shape index (κ2) is 5.53. The molecule has 0 bridgehead atoms. The molecule has 1 N–H and O–H groups in total. The fourth-order valence-corrected chi connectivity index (χ4v) is 1.74. The quantitative estimate of drug-likeness (QED) is 0.534. The van der Waals surface area contributed by atoms with Gasteiger partial charge in [0.2, 0.25) is 6.41 Å². The second-order valence-corrected chi connectivity index (χ2v) is 4.00. The van der Waals surface area contributed by atoms with Gasteiger partial charge in [0.05, 0.1) is 16.3 Å². The summed E-state index contributed by atoms with van der Waals surface area (Å²) < 4.78 is 26.6. The lowest BCUT2D eigenvalue weighted by atomic mass is 10.2. The summed E-state index contributed by atoms with van der Waals surface area (Å²) in [4.78, 5) is 21.8. The smallest absolute Gasteiger partial charge is 0.271 e. The van der Waals surface area contributed by atoms with Crippen molar-refractivity contribution in [3.8, 4) is 5.75 Å². The lowest BCUT2D eigenvalue weighted by Gasteiger charge is -2.19. The van der Waals surface area contributed by atoms with Gasteiger partial charge in [-0.2, -0.15) is 0 Å². The van der Waals surface area contributed by atoms with E-state index in [9.17, 15) is 28.8 Å². The van der Waals surface area contributed by atoms with Gasteiger partial charge in [0.1, 0.15) is 17.4 Å². The molecular formula is C13H8F2N2O4. The molecule has 0 aliphatic carbocycles. The first kappa shape index (κ1) is 14.4. The van der Waals surface area contributed by atoms with Crippen molar-refractivity contribution in [2.75, 3.05) is 4.90 Å². The topological polar surface area (TPSA) is 83.7 Å². The molecule has 1 amide bonds. The average molecular weight is 294 g/mol. The Hall–Kier alpha value is -3.03. The molecule has 0 radical (unpaired) electrons. The Morgan fingerprint density at radius 3 is 2.43 bits per heavy atom. The SMILES string of the molecule is O=CN(c1cc([N+](=O)[O-])ccc1O)c1ccc(F)cc1F. The minimum atomic E-state index is -1.05. The highest BCUT2D eigenvalue weighted by atomic mass is 19.1. The molecule has 2 aromatic rings. The van der Waals surface area contributed by atoms with Crippen LogP contribution in [0.2, 0.25) is 0 Å². The monoisotopic (exact) mass is 294 g/mol. The van der Waals surface area contributed by atoms with E-state index in [1.807, 2.05) is 0 Å². The number of carbonyl (C=O) groups excluding carboxylic acids is 1. The van der Waals surface area contributed by atoms with Gasteiger partial charge in [0, 0.05) is 18.2 Å². The van der Waals surface area contributed by atoms with Crippen LogP contribution in [0.3, 0.4) is 0 Å². The van der Waals surface area contributed by atoms with Gasteiger partial charge in [-0.15, -0.1) is 0 Å². The summed E-state index contributed by atoms with van der Waals surface area (Å²) in [5, 5.41) is 20.4. The molecule has 0 unspecified atom stereocenters. The van der Waals surface area contributed by atoms with E-state index in [4.69, 9.17) is 0 Å². The third-order valence-corrected chi connectivity index (χ3v) is 2.70. The van der Waals surface area contributed by atoms with Crippen LogP contribution >= 0.6 is 0 Å². The number of non-ortho nitro benzene ring substituents is 1. The molecule has 0 spiro atoms. The summed E-state index contributed by atoms with van der Waals surface area (Å²) >= 11 is 0. The molecule has 108 valence electrons. The van der Waals surface area contributed by atoms with Gasteiger partial charge < -0.3 is 5.11 Å². The van der Waals surface area contributed by atoms with E-state index in [-0.39, 0.29) is 17.8 Å². The molecule has 0 saturated heterocycles. The van der Waals surface area contributed by atoms with Crippen LogP contribution in [0, 0.1) is 21.7 Å². The van der Waals surface area contributed by atoms with Crippen molar-refractivity contribution < 1.29 is 23.6 Å². The number of carbonyl (C=O) groups is 1. The number of benzene rings is 2. The van der Waals surface area contributed by atoms with E-state index >= 15 is 0 Å². The molecule has 2 aromatic carbocycles. The van der Waals surface area contributed by atoms with Crippen LogP contribution < -0.4 is 4.90 Å². The molecule has 8 heteroatoms. The van der Waals surface area contributed by atoms with Crippen molar-refractivity contribution >= 4 is 23.5 Å². The van der Waals surface area contributed by atoms with Gasteiger partial charge in [-0.25, -0.2) is 8.78 Å². The summed E-state index contributed by atoms with van der Waals surface area (Å²) in [6.45, 7) is 0. The molecule has 0 aliphatic rings. The van der Waals surface area contributed by atoms with Crippen LogP contribution in [0.15, 0.2) is 36.4 Å². The van der Waals surface area contributed by atoms with E-state index in [0.717, 1.165) is 30.3 Å². The number of hydrogen-bond acceptors (Lipinski definition) is 4. The molecule has 0 atom stereocenters. The third-order valence-electron chi connectivity index (χ3n) is 2.70. The lowest BCUT2D eigenvalue weighted by molar-refractivity contribution is -0.384. The second-order valence-electron chi connectivity index (χ2n) is 4.00. The van der Waals surface area contributed by atoms with Crippen molar-refractivity contribution in [1.29, 1.82) is 0 Å². The molecule has 0 aromatic heterocycles. The lowest BCUT2D eigenvalue weighted by Crippen LogP contribution is -2.16. The van der Waals surface area contributed by atoms with E-state index < -0.39 is 28.0 Å². The standard InChI is InChI=1S/C13H8F2N2O4/c14-8-1-3-11(10(15)5-8)16(7-18)12-6-9(17(20)21)2-4-13(12)19/h1-7,19H. The highest BCUT2D eigenvalue weighted by Crippen LogP contribution is 2.36. The van der Waals surface area contributed by atoms with Crippen molar-refractivity contribution in [3.05, 3.63) is 58.1 Å². The van der Waals surface area contributed by atoms with Crippen LogP contribution in [0.5, 0.6) is 5.75 Å². The first-order chi connectivity index (χ1) is 9.93. The van der Waals surface area contributed by atoms with E-state index in [1.165, 1.54) is 0 Å². The summed E-state index contributed by atoms with van der Waals surface area (Å²) in [6, 6.07) is 5.40. The first-order valence-corrected chi connectivity index (χ1v) is 5.61. The van der Waals surface area contributed by atoms with E-state index in [2.05, 4.69) is 0 Å². The predicted molar refractivity (Wildman–Crippen MR) is 69.3 cm³/mol. The number of hydrogen-bond donors (Lipinski definition) is 1. The predicted octanol–water partition coefficient (Wildman–Crippen LogP) is 2.87. The maximum Gasteiger partial charge on any atom is 0.271 e. The number of nitro groups is 1. The zero-order chi connectivity index (χ0) is 15.6. The normalized spacial score (nSPS) is 10.2. The molecule has 6 nitrogen and oxygen atoms in total. The van der Waals surface area contributed by atoms with Gasteiger partial charge >= 0.3 is 0 Å². The summed E-state index contributed by atoms with van der Waals surface area (Å²) in [5.41, 5.74) is -1.02. The van der Waals surface area contributed by atoms with Gasteiger partial charge in [-0.3, -0.25) is 19.8 Å². The van der Waals surface area contributed by atoms with Gasteiger partial charge in [-0.05, 0) is 18.2 Å². The van der Waals surface area contributed by atoms with Gasteiger partial charge in [-0.1, -0.05) is 0 Å². The number of aromatic hydroxyl groups is 1. The van der Waals surface area contributed by atoms with Crippen molar-refractivity contribution in [3.63, 3.8) is 0 Å². The molecule has 0 heterocycles. The molecule has 2 rings (SSSR count). The molecule has 0 saturated carbocycles. The maximum atomic E-state index is 13.7. The average Bonchev–Trinajstić information content (AvgIpc) is 2.43. The largest absolute Gasteiger partial charge is 0.506 e. The number of anilines is 2. The van der Waals surface area contributed by atoms with Gasteiger partial charge in [0.25, 0.3) is 5.69 Å². The van der Waals surface area contributed by atoms with Crippen LogP contribution in [-0.2, 0) is 4.79 Å². The minimum absolute atomic E-state index is 0.162. The van der Waals surface area contributed by atoms with Gasteiger partial charge in [0.15, 0.2) is 0 Å². The highest BCUT2D eigenvalue weighted by molar-refractivity contribution is 5.89. The Bertz CT molecular complexity index is 721. The fourth-order valence-electron chi connectivity index (χ4n) is 1.74. The summed E-state index contributed by atoms with van der Waals surface area (Å²) in [7, 11) is 0. The number of amides is 1. The Kier molecular flexibility index (Phi) is 3.79. The summed E-state index contributed by atoms with van der Waals surface area (Å²) in [5.74, 6) is -2.35. The molecule has 21 heavy (non-hydrogen) atoms.